The normalized spacial score (nSPS) is 12.6. The van der Waals surface area contributed by atoms with E-state index in [0.29, 0.717) is 6.42 Å². The first kappa shape index (κ1) is 33.0. The first-order valence-corrected chi connectivity index (χ1v) is 13.9. The predicted molar refractivity (Wildman–Crippen MR) is 149 cm³/mol. The van der Waals surface area contributed by atoms with Gasteiger partial charge in [-0.25, -0.2) is 0 Å². The van der Waals surface area contributed by atoms with Gasteiger partial charge in [-0.15, -0.1) is 6.42 Å². The molecule has 0 bridgehead atoms. The summed E-state index contributed by atoms with van der Waals surface area (Å²) in [5.41, 5.74) is 0. The van der Waals surface area contributed by atoms with E-state index in [1.807, 2.05) is 6.08 Å². The number of allylic oxidation sites excluding steroid dienone is 3. The van der Waals surface area contributed by atoms with Crippen LogP contribution in [0.3, 0.4) is 0 Å². The molecule has 0 aromatic rings. The van der Waals surface area contributed by atoms with Crippen molar-refractivity contribution in [1.29, 1.82) is 0 Å². The fourth-order valence-corrected chi connectivity index (χ4v) is 3.86. The van der Waals surface area contributed by atoms with E-state index in [-0.39, 0.29) is 6.61 Å². The topological polar surface area (TPSA) is 60.7 Å². The van der Waals surface area contributed by atoms with Crippen LogP contribution in [0.1, 0.15) is 122 Å². The number of terminal acetylenes is 1. The van der Waals surface area contributed by atoms with E-state index in [1.165, 1.54) is 96.3 Å². The summed E-state index contributed by atoms with van der Waals surface area (Å²) in [5.74, 6) is 12.5. The van der Waals surface area contributed by atoms with Crippen LogP contribution in [0.5, 0.6) is 0 Å². The average molecular weight is 483 g/mol. The van der Waals surface area contributed by atoms with E-state index in [2.05, 4.69) is 41.8 Å². The number of rotatable bonds is 22. The van der Waals surface area contributed by atoms with Crippen molar-refractivity contribution in [2.45, 2.75) is 134 Å². The Kier molecular flexibility index (Phi) is 26.7. The van der Waals surface area contributed by atoms with E-state index in [4.69, 9.17) is 11.5 Å². The second-order valence-electron chi connectivity index (χ2n) is 9.21. The lowest BCUT2D eigenvalue weighted by Crippen LogP contribution is -2.01. The summed E-state index contributed by atoms with van der Waals surface area (Å²) in [6, 6.07) is 0. The van der Waals surface area contributed by atoms with Crippen LogP contribution >= 0.6 is 0 Å². The van der Waals surface area contributed by atoms with Crippen LogP contribution in [-0.2, 0) is 0 Å². The van der Waals surface area contributed by atoms with Crippen LogP contribution in [0.25, 0.3) is 0 Å². The molecule has 0 aromatic carbocycles. The summed E-state index contributed by atoms with van der Waals surface area (Å²) in [6.07, 6.45) is 35.4. The second-order valence-corrected chi connectivity index (χ2v) is 9.21. The highest BCUT2D eigenvalue weighted by molar-refractivity contribution is 5.27. The quantitative estimate of drug-likeness (QED) is 0.0897. The minimum atomic E-state index is -0.725. The first-order valence-electron chi connectivity index (χ1n) is 13.9. The zero-order chi connectivity index (χ0) is 25.7. The highest BCUT2D eigenvalue weighted by atomic mass is 16.3. The molecule has 0 aromatic heterocycles. The van der Waals surface area contributed by atoms with Gasteiger partial charge < -0.3 is 15.3 Å². The Bertz CT molecular complexity index is 678. The Morgan fingerprint density at radius 2 is 1.06 bits per heavy atom. The van der Waals surface area contributed by atoms with E-state index >= 15 is 0 Å². The molecule has 0 heterocycles. The van der Waals surface area contributed by atoms with E-state index in [0.717, 1.165) is 19.3 Å². The van der Waals surface area contributed by atoms with Crippen molar-refractivity contribution >= 4 is 0 Å². The van der Waals surface area contributed by atoms with Crippen molar-refractivity contribution in [3.05, 3.63) is 24.3 Å². The van der Waals surface area contributed by atoms with Crippen LogP contribution < -0.4 is 0 Å². The molecule has 0 radical (unpaired) electrons. The molecule has 2 unspecified atom stereocenters. The molecule has 0 fully saturated rings. The highest BCUT2D eigenvalue weighted by Gasteiger charge is 1.99. The summed E-state index contributed by atoms with van der Waals surface area (Å²) in [7, 11) is 0. The first-order chi connectivity index (χ1) is 17.2. The SMILES string of the molecule is C#CC(O)/C=C/CCCCCCCCCC/C=C\CCCCCCCCCC(O)C#CC#CCO. The standard InChI is InChI=1S/C32H50O3/c1-2-31(34)27-23-20-18-16-14-12-10-8-6-4-3-5-7-9-11-13-15-17-19-21-24-28-32(35)29-25-22-26-30-33/h1,5,7,23,27,31-35H,3-4,6,8-21,24,28,30H2/b7-5-,27-23+. The van der Waals surface area contributed by atoms with Gasteiger partial charge in [-0.1, -0.05) is 107 Å². The highest BCUT2D eigenvalue weighted by Crippen LogP contribution is 2.13. The summed E-state index contributed by atoms with van der Waals surface area (Å²) in [6.45, 7) is -0.189. The number of aliphatic hydroxyl groups excluding tert-OH is 3. The van der Waals surface area contributed by atoms with Crippen molar-refractivity contribution in [2.75, 3.05) is 6.61 Å². The van der Waals surface area contributed by atoms with Gasteiger partial charge in [0.25, 0.3) is 0 Å². The maximum Gasteiger partial charge on any atom is 0.133 e. The summed E-state index contributed by atoms with van der Waals surface area (Å²) >= 11 is 0. The van der Waals surface area contributed by atoms with Crippen molar-refractivity contribution < 1.29 is 15.3 Å². The van der Waals surface area contributed by atoms with Crippen LogP contribution in [0.4, 0.5) is 0 Å². The summed E-state index contributed by atoms with van der Waals surface area (Å²) in [5, 5.41) is 27.5. The zero-order valence-corrected chi connectivity index (χ0v) is 22.0. The van der Waals surface area contributed by atoms with Gasteiger partial charge in [-0.3, -0.25) is 0 Å². The Labute approximate surface area is 216 Å². The van der Waals surface area contributed by atoms with E-state index < -0.39 is 12.2 Å². The molecule has 0 spiro atoms. The fraction of sp³-hybridized carbons (Fsp3) is 0.688. The minimum Gasteiger partial charge on any atom is -0.384 e. The van der Waals surface area contributed by atoms with Gasteiger partial charge in [0.1, 0.15) is 18.8 Å². The Hall–Kier alpha value is -1.96. The molecular formula is C32H50O3. The lowest BCUT2D eigenvalue weighted by atomic mass is 10.0. The van der Waals surface area contributed by atoms with Crippen LogP contribution in [0.15, 0.2) is 24.3 Å². The largest absolute Gasteiger partial charge is 0.384 e. The summed E-state index contributed by atoms with van der Waals surface area (Å²) < 4.78 is 0. The lowest BCUT2D eigenvalue weighted by Gasteiger charge is -2.03. The molecule has 3 nitrogen and oxygen atoms in total. The van der Waals surface area contributed by atoms with Crippen LogP contribution in [0.2, 0.25) is 0 Å². The van der Waals surface area contributed by atoms with Gasteiger partial charge in [0.2, 0.25) is 0 Å². The third kappa shape index (κ3) is 28.2. The second kappa shape index (κ2) is 28.3. The molecule has 35 heavy (non-hydrogen) atoms. The molecular weight excluding hydrogens is 432 g/mol. The number of aliphatic hydroxyl groups is 3. The van der Waals surface area contributed by atoms with Gasteiger partial charge in [-0.2, -0.15) is 0 Å². The molecule has 0 amide bonds. The number of hydrogen-bond donors (Lipinski definition) is 3. The van der Waals surface area contributed by atoms with Gasteiger partial charge in [-0.05, 0) is 69.3 Å². The van der Waals surface area contributed by atoms with Gasteiger partial charge in [0.05, 0.1) is 0 Å². The maximum atomic E-state index is 9.71. The van der Waals surface area contributed by atoms with Crippen molar-refractivity contribution in [3.63, 3.8) is 0 Å². The third-order valence-electron chi connectivity index (χ3n) is 5.96. The smallest absolute Gasteiger partial charge is 0.133 e. The Balaban J connectivity index is 3.27. The zero-order valence-electron chi connectivity index (χ0n) is 22.0. The molecule has 0 saturated heterocycles. The third-order valence-corrected chi connectivity index (χ3v) is 5.96. The Morgan fingerprint density at radius 3 is 1.54 bits per heavy atom. The fourth-order valence-electron chi connectivity index (χ4n) is 3.86. The Morgan fingerprint density at radius 1 is 0.600 bits per heavy atom. The number of hydrogen-bond acceptors (Lipinski definition) is 3. The minimum absolute atomic E-state index is 0.189. The predicted octanol–water partition coefficient (Wildman–Crippen LogP) is 6.86. The number of unbranched alkanes of at least 4 members (excludes halogenated alkanes) is 16. The molecule has 0 aliphatic carbocycles. The molecule has 0 saturated carbocycles. The average Bonchev–Trinajstić information content (AvgIpc) is 2.86. The monoisotopic (exact) mass is 482 g/mol. The van der Waals surface area contributed by atoms with Crippen molar-refractivity contribution in [2.24, 2.45) is 0 Å². The molecule has 2 atom stereocenters. The molecule has 0 rings (SSSR count). The summed E-state index contributed by atoms with van der Waals surface area (Å²) in [4.78, 5) is 0. The van der Waals surface area contributed by atoms with E-state index in [1.54, 1.807) is 6.08 Å². The van der Waals surface area contributed by atoms with Gasteiger partial charge in [0.15, 0.2) is 0 Å². The lowest BCUT2D eigenvalue weighted by molar-refractivity contribution is 0.217. The molecule has 0 aliphatic rings. The molecule has 3 heteroatoms. The van der Waals surface area contributed by atoms with E-state index in [9.17, 15) is 10.2 Å². The molecule has 196 valence electrons. The van der Waals surface area contributed by atoms with Crippen molar-refractivity contribution in [1.82, 2.24) is 0 Å². The maximum absolute atomic E-state index is 9.71. The van der Waals surface area contributed by atoms with Crippen LogP contribution in [-0.4, -0.2) is 34.1 Å². The van der Waals surface area contributed by atoms with Gasteiger partial charge >= 0.3 is 0 Å². The van der Waals surface area contributed by atoms with Crippen LogP contribution in [0, 0.1) is 36.0 Å². The van der Waals surface area contributed by atoms with Crippen molar-refractivity contribution in [3.8, 4) is 36.0 Å². The van der Waals surface area contributed by atoms with Gasteiger partial charge in [0, 0.05) is 0 Å². The molecule has 3 N–H and O–H groups in total. The molecule has 0 aliphatic heterocycles.